The molecule has 25 heavy (non-hydrogen) atoms. The van der Waals surface area contributed by atoms with Gasteiger partial charge in [-0.2, -0.15) is 0 Å². The summed E-state index contributed by atoms with van der Waals surface area (Å²) in [6.45, 7) is 2.32. The number of carbonyl (C=O) groups is 2. The number of benzene rings is 1. The predicted octanol–water partition coefficient (Wildman–Crippen LogP) is 1.68. The summed E-state index contributed by atoms with van der Waals surface area (Å²) in [5, 5.41) is 10.5. The lowest BCUT2D eigenvalue weighted by molar-refractivity contribution is -0.119. The quantitative estimate of drug-likeness (QED) is 0.688. The van der Waals surface area contributed by atoms with Crippen LogP contribution in [-0.2, 0) is 22.6 Å². The van der Waals surface area contributed by atoms with Crippen LogP contribution in [0.4, 0.5) is 14.9 Å². The Morgan fingerprint density at radius 2 is 2.32 bits per heavy atom. The molecule has 1 unspecified atom stereocenters. The largest absolute Gasteiger partial charge is 0.442 e. The van der Waals surface area contributed by atoms with Gasteiger partial charge >= 0.3 is 6.09 Å². The van der Waals surface area contributed by atoms with Gasteiger partial charge in [-0.25, -0.2) is 13.9 Å². The van der Waals surface area contributed by atoms with E-state index in [1.54, 1.807) is 23.0 Å². The maximum atomic E-state index is 13.7. The van der Waals surface area contributed by atoms with E-state index in [0.717, 1.165) is 0 Å². The maximum Gasteiger partial charge on any atom is 0.414 e. The minimum atomic E-state index is -0.524. The summed E-state index contributed by atoms with van der Waals surface area (Å²) < 4.78 is 21.0. The molecule has 1 fully saturated rings. The fourth-order valence-corrected chi connectivity index (χ4v) is 2.75. The van der Waals surface area contributed by atoms with E-state index in [-0.39, 0.29) is 18.3 Å². The summed E-state index contributed by atoms with van der Waals surface area (Å²) in [6, 6.07) is 4.60. The van der Waals surface area contributed by atoms with Crippen LogP contribution in [0.2, 0.25) is 0 Å². The lowest BCUT2D eigenvalue weighted by atomic mass is 10.2. The summed E-state index contributed by atoms with van der Waals surface area (Å²) in [6.07, 6.45) is 0.728. The summed E-state index contributed by atoms with van der Waals surface area (Å²) in [5.41, 5.74) is 1.06. The molecule has 132 valence electrons. The molecular formula is C15H15FIN5O3. The van der Waals surface area contributed by atoms with Gasteiger partial charge in [-0.3, -0.25) is 9.69 Å². The van der Waals surface area contributed by atoms with Gasteiger partial charge in [0.2, 0.25) is 5.91 Å². The van der Waals surface area contributed by atoms with Gasteiger partial charge < -0.3 is 10.1 Å². The Labute approximate surface area is 156 Å². The number of rotatable bonds is 5. The molecule has 8 nitrogen and oxygen atoms in total. The molecule has 2 amide bonds. The minimum Gasteiger partial charge on any atom is -0.442 e. The van der Waals surface area contributed by atoms with E-state index in [4.69, 9.17) is 4.74 Å². The molecule has 1 aromatic carbocycles. The Kier molecular flexibility index (Phi) is 5.16. The molecule has 0 saturated carbocycles. The molecule has 1 aliphatic rings. The van der Waals surface area contributed by atoms with Gasteiger partial charge in [-0.15, -0.1) is 5.10 Å². The molecule has 0 spiro atoms. The van der Waals surface area contributed by atoms with E-state index in [0.29, 0.717) is 28.0 Å². The highest BCUT2D eigenvalue weighted by Crippen LogP contribution is 2.25. The summed E-state index contributed by atoms with van der Waals surface area (Å²) in [7, 11) is 0. The number of nitrogens with zero attached hydrogens (tertiary/aromatic N) is 4. The first-order chi connectivity index (χ1) is 11.9. The van der Waals surface area contributed by atoms with Crippen molar-refractivity contribution >= 4 is 40.3 Å². The van der Waals surface area contributed by atoms with Gasteiger partial charge in [0.25, 0.3) is 0 Å². The van der Waals surface area contributed by atoms with E-state index >= 15 is 0 Å². The first-order valence-corrected chi connectivity index (χ1v) is 8.57. The highest BCUT2D eigenvalue weighted by Gasteiger charge is 2.33. The number of amides is 2. The number of nitrogens with one attached hydrogen (secondary N) is 1. The summed E-state index contributed by atoms with van der Waals surface area (Å²) >= 11 is 1.89. The van der Waals surface area contributed by atoms with Crippen LogP contribution in [0.15, 0.2) is 24.4 Å². The molecule has 2 heterocycles. The highest BCUT2D eigenvalue weighted by atomic mass is 127. The predicted molar refractivity (Wildman–Crippen MR) is 94.3 cm³/mol. The number of halogens is 2. The number of hydrogen-bond acceptors (Lipinski definition) is 5. The average molecular weight is 459 g/mol. The average Bonchev–Trinajstić information content (AvgIpc) is 3.15. The Bertz CT molecular complexity index is 812. The molecule has 10 heteroatoms. The minimum absolute atomic E-state index is 0.153. The molecule has 1 aliphatic heterocycles. The smallest absolute Gasteiger partial charge is 0.414 e. The number of ether oxygens (including phenoxy) is 1. The lowest BCUT2D eigenvalue weighted by Crippen LogP contribution is -2.26. The van der Waals surface area contributed by atoms with E-state index in [1.807, 2.05) is 22.6 Å². The van der Waals surface area contributed by atoms with Gasteiger partial charge in [0.1, 0.15) is 17.6 Å². The monoisotopic (exact) mass is 459 g/mol. The third-order valence-corrected chi connectivity index (χ3v) is 4.46. The Morgan fingerprint density at radius 3 is 3.04 bits per heavy atom. The SMILES string of the molecule is CC(=O)NCc1cn(CC2CN(c3ccc(I)c(F)c3)C(=O)O2)nn1. The molecule has 0 aliphatic carbocycles. The van der Waals surface area contributed by atoms with Crippen molar-refractivity contribution in [3.63, 3.8) is 0 Å². The lowest BCUT2D eigenvalue weighted by Gasteiger charge is -2.13. The zero-order chi connectivity index (χ0) is 18.0. The van der Waals surface area contributed by atoms with Crippen LogP contribution < -0.4 is 10.2 Å². The van der Waals surface area contributed by atoms with Crippen molar-refractivity contribution in [3.8, 4) is 0 Å². The van der Waals surface area contributed by atoms with Crippen molar-refractivity contribution in [2.75, 3.05) is 11.4 Å². The van der Waals surface area contributed by atoms with Gasteiger partial charge in [-0.1, -0.05) is 5.21 Å². The van der Waals surface area contributed by atoms with Crippen molar-refractivity contribution < 1.29 is 18.7 Å². The highest BCUT2D eigenvalue weighted by molar-refractivity contribution is 14.1. The van der Waals surface area contributed by atoms with Crippen molar-refractivity contribution in [1.29, 1.82) is 0 Å². The van der Waals surface area contributed by atoms with Crippen molar-refractivity contribution in [2.24, 2.45) is 0 Å². The summed E-state index contributed by atoms with van der Waals surface area (Å²) in [5.74, 6) is -0.534. The molecule has 2 aromatic rings. The van der Waals surface area contributed by atoms with Gasteiger partial charge in [0.15, 0.2) is 0 Å². The van der Waals surface area contributed by atoms with Crippen LogP contribution in [-0.4, -0.2) is 39.6 Å². The van der Waals surface area contributed by atoms with Crippen LogP contribution >= 0.6 is 22.6 Å². The van der Waals surface area contributed by atoms with E-state index in [9.17, 15) is 14.0 Å². The standard InChI is InChI=1S/C15H15FIN5O3/c1-9(23)18-5-10-6-21(20-19-10)7-12-8-22(15(24)25-12)11-2-3-14(17)13(16)4-11/h2-4,6,12H,5,7-8H2,1H3,(H,18,23). The normalized spacial score (nSPS) is 16.8. The molecule has 1 saturated heterocycles. The molecule has 0 radical (unpaired) electrons. The third kappa shape index (κ3) is 4.24. The van der Waals surface area contributed by atoms with Crippen LogP contribution in [0.3, 0.4) is 0 Å². The van der Waals surface area contributed by atoms with Gasteiger partial charge in [0, 0.05) is 10.5 Å². The maximum absolute atomic E-state index is 13.7. The first-order valence-electron chi connectivity index (χ1n) is 7.49. The molecule has 1 N–H and O–H groups in total. The second kappa shape index (κ2) is 7.33. The number of carbonyl (C=O) groups excluding carboxylic acids is 2. The van der Waals surface area contributed by atoms with Gasteiger partial charge in [0.05, 0.1) is 31.5 Å². The Hall–Kier alpha value is -2.24. The second-order valence-corrected chi connectivity index (χ2v) is 6.72. The zero-order valence-corrected chi connectivity index (χ0v) is 15.4. The van der Waals surface area contributed by atoms with Crippen LogP contribution in [0.25, 0.3) is 0 Å². The molecule has 0 bridgehead atoms. The van der Waals surface area contributed by atoms with E-state index < -0.39 is 12.2 Å². The van der Waals surface area contributed by atoms with E-state index in [1.165, 1.54) is 17.9 Å². The van der Waals surface area contributed by atoms with Crippen molar-refractivity contribution in [3.05, 3.63) is 39.5 Å². The Morgan fingerprint density at radius 1 is 1.52 bits per heavy atom. The molecular weight excluding hydrogens is 444 g/mol. The number of anilines is 1. The zero-order valence-electron chi connectivity index (χ0n) is 13.3. The fraction of sp³-hybridized carbons (Fsp3) is 0.333. The van der Waals surface area contributed by atoms with Gasteiger partial charge in [-0.05, 0) is 40.8 Å². The van der Waals surface area contributed by atoms with Crippen molar-refractivity contribution in [2.45, 2.75) is 26.1 Å². The van der Waals surface area contributed by atoms with Crippen molar-refractivity contribution in [1.82, 2.24) is 20.3 Å². The van der Waals surface area contributed by atoms with Crippen LogP contribution in [0, 0.1) is 9.39 Å². The molecule has 1 atom stereocenters. The number of cyclic esters (lactones) is 1. The third-order valence-electron chi connectivity index (χ3n) is 3.58. The fourth-order valence-electron chi connectivity index (χ4n) is 2.41. The van der Waals surface area contributed by atoms with Crippen LogP contribution in [0.1, 0.15) is 12.6 Å². The first kappa shape index (κ1) is 17.6. The molecule has 1 aromatic heterocycles. The Balaban J connectivity index is 1.62. The topological polar surface area (TPSA) is 89.4 Å². The molecule has 3 rings (SSSR count). The van der Waals surface area contributed by atoms with Crippen LogP contribution in [0.5, 0.6) is 0 Å². The number of hydrogen-bond donors (Lipinski definition) is 1. The van der Waals surface area contributed by atoms with E-state index in [2.05, 4.69) is 15.6 Å². The summed E-state index contributed by atoms with van der Waals surface area (Å²) in [4.78, 5) is 24.3. The number of aromatic nitrogens is 3. The second-order valence-electron chi connectivity index (χ2n) is 5.56.